The third-order valence-electron chi connectivity index (χ3n) is 3.00. The lowest BCUT2D eigenvalue weighted by Gasteiger charge is -2.22. The fraction of sp³-hybridized carbons (Fsp3) is 0.143. The Kier molecular flexibility index (Phi) is 2.57. The minimum atomic E-state index is 0. The van der Waals surface area contributed by atoms with E-state index >= 15 is 0 Å². The van der Waals surface area contributed by atoms with Crippen LogP contribution in [0.25, 0.3) is 11.1 Å². The summed E-state index contributed by atoms with van der Waals surface area (Å²) in [6.45, 7) is 0. The first-order chi connectivity index (χ1) is 6.95. The number of fused-ring (bicyclic) bond motifs is 1. The molecular formula is C14H15N. The molecule has 3 N–H and O–H groups in total. The third kappa shape index (κ3) is 1.55. The van der Waals surface area contributed by atoms with Crippen LogP contribution in [0, 0.1) is 0 Å². The van der Waals surface area contributed by atoms with Gasteiger partial charge in [0.05, 0.1) is 0 Å². The highest BCUT2D eigenvalue weighted by Gasteiger charge is 2.16. The minimum Gasteiger partial charge on any atom is -0.344 e. The van der Waals surface area contributed by atoms with Crippen LogP contribution in [0.1, 0.15) is 11.1 Å². The Balaban J connectivity index is 0.000000853. The van der Waals surface area contributed by atoms with Crippen LogP contribution in [0.3, 0.4) is 0 Å². The van der Waals surface area contributed by atoms with Gasteiger partial charge in [-0.25, -0.2) is 0 Å². The second-order valence-electron chi connectivity index (χ2n) is 3.81. The van der Waals surface area contributed by atoms with Crippen LogP contribution in [0.4, 0.5) is 0 Å². The lowest BCUT2D eigenvalue weighted by molar-refractivity contribution is 0.842. The van der Waals surface area contributed by atoms with E-state index in [0.29, 0.717) is 0 Å². The molecule has 2 aromatic carbocycles. The van der Waals surface area contributed by atoms with Gasteiger partial charge in [-0.05, 0) is 35.1 Å². The Hall–Kier alpha value is -1.60. The number of hydrogen-bond donors (Lipinski definition) is 1. The summed E-state index contributed by atoms with van der Waals surface area (Å²) in [6, 6.07) is 17.3. The van der Waals surface area contributed by atoms with E-state index in [1.165, 1.54) is 29.5 Å². The van der Waals surface area contributed by atoms with Crippen molar-refractivity contribution < 1.29 is 0 Å². The molecule has 0 saturated carbocycles. The fourth-order valence-electron chi connectivity index (χ4n) is 2.14. The van der Waals surface area contributed by atoms with Crippen molar-refractivity contribution in [3.8, 4) is 11.1 Å². The van der Waals surface area contributed by atoms with Gasteiger partial charge in [-0.2, -0.15) is 0 Å². The summed E-state index contributed by atoms with van der Waals surface area (Å²) in [5.74, 6) is 0. The Morgan fingerprint density at radius 2 is 1.53 bits per heavy atom. The molecular weight excluding hydrogens is 182 g/mol. The zero-order valence-electron chi connectivity index (χ0n) is 8.74. The van der Waals surface area contributed by atoms with Crippen molar-refractivity contribution in [3.05, 3.63) is 59.7 Å². The Morgan fingerprint density at radius 1 is 0.733 bits per heavy atom. The molecule has 1 aliphatic rings. The molecule has 76 valence electrons. The molecule has 1 aliphatic carbocycles. The van der Waals surface area contributed by atoms with E-state index in [1.54, 1.807) is 5.56 Å². The Bertz CT molecular complexity index is 460. The molecule has 0 atom stereocenters. The molecule has 0 heterocycles. The molecule has 1 nitrogen and oxygen atoms in total. The van der Waals surface area contributed by atoms with Crippen molar-refractivity contribution in [2.45, 2.75) is 12.8 Å². The van der Waals surface area contributed by atoms with Crippen molar-refractivity contribution in [1.29, 1.82) is 0 Å². The lowest BCUT2D eigenvalue weighted by atomic mass is 9.83. The van der Waals surface area contributed by atoms with Gasteiger partial charge >= 0.3 is 0 Å². The predicted octanol–water partition coefficient (Wildman–Crippen LogP) is 3.61. The van der Waals surface area contributed by atoms with Crippen LogP contribution in [0.5, 0.6) is 0 Å². The normalized spacial score (nSPS) is 12.3. The summed E-state index contributed by atoms with van der Waals surface area (Å²) in [5, 5.41) is 0. The molecule has 0 aromatic heterocycles. The highest BCUT2D eigenvalue weighted by molar-refractivity contribution is 5.70. The molecule has 0 aliphatic heterocycles. The van der Waals surface area contributed by atoms with E-state index in [1.807, 2.05) is 0 Å². The number of hydrogen-bond acceptors (Lipinski definition) is 1. The number of aryl methyl sites for hydroxylation is 1. The summed E-state index contributed by atoms with van der Waals surface area (Å²) < 4.78 is 0. The maximum atomic E-state index is 2.24. The molecule has 0 saturated heterocycles. The smallest absolute Gasteiger partial charge is 0.0149 e. The third-order valence-corrected chi connectivity index (χ3v) is 3.00. The van der Waals surface area contributed by atoms with Crippen molar-refractivity contribution in [1.82, 2.24) is 6.15 Å². The van der Waals surface area contributed by atoms with Gasteiger partial charge in [-0.1, -0.05) is 48.5 Å². The van der Waals surface area contributed by atoms with Gasteiger partial charge in [-0.15, -0.1) is 0 Å². The fourth-order valence-corrected chi connectivity index (χ4v) is 2.14. The topological polar surface area (TPSA) is 35.0 Å². The first-order valence-electron chi connectivity index (χ1n) is 5.11. The molecule has 0 spiro atoms. The summed E-state index contributed by atoms with van der Waals surface area (Å²) in [6.07, 6.45) is 2.51. The van der Waals surface area contributed by atoms with E-state index in [4.69, 9.17) is 0 Å². The van der Waals surface area contributed by atoms with Gasteiger partial charge in [-0.3, -0.25) is 0 Å². The van der Waals surface area contributed by atoms with E-state index in [9.17, 15) is 0 Å². The van der Waals surface area contributed by atoms with Gasteiger partial charge in [0.15, 0.2) is 0 Å². The Labute approximate surface area is 90.3 Å². The van der Waals surface area contributed by atoms with Crippen LogP contribution in [0.15, 0.2) is 48.5 Å². The first kappa shape index (κ1) is 9.94. The molecule has 0 amide bonds. The highest BCUT2D eigenvalue weighted by Crippen LogP contribution is 2.32. The average Bonchev–Trinajstić information content (AvgIpc) is 2.21. The van der Waals surface area contributed by atoms with Crippen LogP contribution in [0.2, 0.25) is 0 Å². The SMILES string of the molecule is N.c1ccc(-c2cccc3c2CC3)cc1. The monoisotopic (exact) mass is 197 g/mol. The summed E-state index contributed by atoms with van der Waals surface area (Å²) in [5.41, 5.74) is 5.86. The van der Waals surface area contributed by atoms with Crippen molar-refractivity contribution in [3.63, 3.8) is 0 Å². The van der Waals surface area contributed by atoms with E-state index in [-0.39, 0.29) is 6.15 Å². The zero-order valence-corrected chi connectivity index (χ0v) is 8.74. The summed E-state index contributed by atoms with van der Waals surface area (Å²) >= 11 is 0. The van der Waals surface area contributed by atoms with Crippen LogP contribution >= 0.6 is 0 Å². The van der Waals surface area contributed by atoms with Crippen molar-refractivity contribution >= 4 is 0 Å². The summed E-state index contributed by atoms with van der Waals surface area (Å²) in [7, 11) is 0. The van der Waals surface area contributed by atoms with Gasteiger partial charge in [0, 0.05) is 0 Å². The van der Waals surface area contributed by atoms with E-state index in [0.717, 1.165) is 0 Å². The van der Waals surface area contributed by atoms with Crippen molar-refractivity contribution in [2.24, 2.45) is 0 Å². The zero-order chi connectivity index (χ0) is 9.38. The number of benzene rings is 2. The van der Waals surface area contributed by atoms with Gasteiger partial charge in [0.2, 0.25) is 0 Å². The quantitative estimate of drug-likeness (QED) is 0.744. The lowest BCUT2D eigenvalue weighted by Crippen LogP contribution is -2.09. The number of rotatable bonds is 1. The second kappa shape index (κ2) is 3.87. The highest BCUT2D eigenvalue weighted by atomic mass is 14.2. The molecule has 0 fully saturated rings. The first-order valence-corrected chi connectivity index (χ1v) is 5.11. The van der Waals surface area contributed by atoms with Crippen LogP contribution in [-0.2, 0) is 12.8 Å². The van der Waals surface area contributed by atoms with Gasteiger partial charge < -0.3 is 6.15 Å². The molecule has 2 aromatic rings. The molecule has 0 bridgehead atoms. The molecule has 3 rings (SSSR count). The molecule has 15 heavy (non-hydrogen) atoms. The van der Waals surface area contributed by atoms with Gasteiger partial charge in [0.25, 0.3) is 0 Å². The van der Waals surface area contributed by atoms with Crippen LogP contribution in [-0.4, -0.2) is 0 Å². The maximum absolute atomic E-state index is 2.24. The molecule has 0 unspecified atom stereocenters. The minimum absolute atomic E-state index is 0. The second-order valence-corrected chi connectivity index (χ2v) is 3.81. The summed E-state index contributed by atoms with van der Waals surface area (Å²) in [4.78, 5) is 0. The largest absolute Gasteiger partial charge is 0.344 e. The average molecular weight is 197 g/mol. The van der Waals surface area contributed by atoms with Crippen LogP contribution < -0.4 is 6.15 Å². The van der Waals surface area contributed by atoms with Crippen molar-refractivity contribution in [2.75, 3.05) is 0 Å². The van der Waals surface area contributed by atoms with Gasteiger partial charge in [0.1, 0.15) is 0 Å². The maximum Gasteiger partial charge on any atom is -0.0149 e. The Morgan fingerprint density at radius 3 is 2.20 bits per heavy atom. The standard InChI is InChI=1S/C14H12.H3N/c1-2-5-11(6-3-1)13-8-4-7-12-9-10-14(12)13;/h1-8H,9-10H2;1H3. The predicted molar refractivity (Wildman–Crippen MR) is 64.3 cm³/mol. The molecule has 0 radical (unpaired) electrons. The van der Waals surface area contributed by atoms with E-state index in [2.05, 4.69) is 48.5 Å². The molecule has 1 heteroatoms. The van der Waals surface area contributed by atoms with E-state index < -0.39 is 0 Å².